The largest absolute Gasteiger partial charge is 0.762 e. The summed E-state index contributed by atoms with van der Waals surface area (Å²) in [6, 6.07) is 24.6. The van der Waals surface area contributed by atoms with Gasteiger partial charge in [-0.05, 0) is 11.6 Å². The molecule has 3 atom stereocenters. The van der Waals surface area contributed by atoms with E-state index in [-0.39, 0.29) is 5.03 Å². The van der Waals surface area contributed by atoms with Gasteiger partial charge in [0.05, 0.1) is 12.0 Å². The molecule has 29 heavy (non-hydrogen) atoms. The number of nitrogens with zero attached hydrogens (tertiary/aromatic N) is 2. The van der Waals surface area contributed by atoms with Crippen LogP contribution in [0, 0.1) is 11.3 Å². The molecular formula is C23H18BrN3OS. The van der Waals surface area contributed by atoms with Gasteiger partial charge >= 0.3 is 0 Å². The predicted molar refractivity (Wildman–Crippen MR) is 116 cm³/mol. The van der Waals surface area contributed by atoms with Crippen LogP contribution in [-0.4, -0.2) is 5.11 Å². The van der Waals surface area contributed by atoms with Crippen LogP contribution in [-0.2, 0) is 18.4 Å². The molecule has 0 radical (unpaired) electrons. The number of benzene rings is 2. The third kappa shape index (κ3) is 3.42. The fourth-order valence-corrected chi connectivity index (χ4v) is 4.81. The van der Waals surface area contributed by atoms with Crippen molar-refractivity contribution in [3.8, 4) is 6.07 Å². The number of pyridine rings is 1. The average molecular weight is 464 g/mol. The predicted octanol–water partition coefficient (Wildman–Crippen LogP) is 3.79. The first-order valence-electron chi connectivity index (χ1n) is 9.14. The maximum Gasteiger partial charge on any atom is 0.225 e. The zero-order chi connectivity index (χ0) is 20.4. The van der Waals surface area contributed by atoms with Gasteiger partial charge < -0.3 is 23.1 Å². The fourth-order valence-electron chi connectivity index (χ4n) is 3.95. The fraction of sp³-hybridized carbons (Fsp3) is 0.130. The molecule has 2 heterocycles. The highest BCUT2D eigenvalue weighted by molar-refractivity contribution is 9.10. The number of rotatable bonds is 3. The molecule has 1 aromatic heterocycles. The van der Waals surface area contributed by atoms with Crippen molar-refractivity contribution in [3.05, 3.63) is 111 Å². The molecule has 6 heteroatoms. The van der Waals surface area contributed by atoms with Crippen LogP contribution in [0.25, 0.3) is 0 Å². The van der Waals surface area contributed by atoms with E-state index in [1.54, 1.807) is 0 Å². The standard InChI is InChI=1S/C23H18BrN3OS/c24-19-12-6-5-11-17(19)20-18(15-25)22(29)26-23(28,16-9-3-1-4-10-16)21(20)27-13-7-2-8-14-27/h1-14,20-21,26,28H. The third-order valence-electron chi connectivity index (χ3n) is 5.24. The van der Waals surface area contributed by atoms with Crippen LogP contribution in [0.5, 0.6) is 0 Å². The van der Waals surface area contributed by atoms with E-state index in [0.717, 1.165) is 10.0 Å². The lowest BCUT2D eigenvalue weighted by molar-refractivity contribution is -0.743. The quantitative estimate of drug-likeness (QED) is 0.458. The molecule has 0 amide bonds. The Bertz CT molecular complexity index is 1100. The highest BCUT2D eigenvalue weighted by Crippen LogP contribution is 2.47. The highest BCUT2D eigenvalue weighted by atomic mass is 79.9. The molecule has 0 saturated carbocycles. The van der Waals surface area contributed by atoms with Crippen LogP contribution in [0.3, 0.4) is 0 Å². The van der Waals surface area contributed by atoms with Crippen LogP contribution in [0.1, 0.15) is 23.1 Å². The third-order valence-corrected chi connectivity index (χ3v) is 6.28. The second-order valence-electron chi connectivity index (χ2n) is 6.88. The van der Waals surface area contributed by atoms with Crippen LogP contribution < -0.4 is 9.88 Å². The number of halogens is 1. The molecular weight excluding hydrogens is 446 g/mol. The van der Waals surface area contributed by atoms with Crippen molar-refractivity contribution < 1.29 is 9.67 Å². The van der Waals surface area contributed by atoms with E-state index in [4.69, 9.17) is 12.6 Å². The molecule has 2 N–H and O–H groups in total. The summed E-state index contributed by atoms with van der Waals surface area (Å²) < 4.78 is 2.79. The van der Waals surface area contributed by atoms with Gasteiger partial charge in [0.1, 0.15) is 0 Å². The molecule has 3 unspecified atom stereocenters. The van der Waals surface area contributed by atoms with E-state index in [1.807, 2.05) is 89.8 Å². The van der Waals surface area contributed by atoms with Gasteiger partial charge in [0.15, 0.2) is 12.4 Å². The van der Waals surface area contributed by atoms with E-state index in [2.05, 4.69) is 27.3 Å². The second-order valence-corrected chi connectivity index (χ2v) is 8.14. The van der Waals surface area contributed by atoms with Crippen molar-refractivity contribution >= 4 is 28.6 Å². The molecule has 2 aromatic carbocycles. The van der Waals surface area contributed by atoms with Crippen molar-refractivity contribution in [2.75, 3.05) is 0 Å². The average Bonchev–Trinajstić information content (AvgIpc) is 2.75. The van der Waals surface area contributed by atoms with Crippen molar-refractivity contribution in [2.45, 2.75) is 17.7 Å². The van der Waals surface area contributed by atoms with Gasteiger partial charge in [-0.25, -0.2) is 0 Å². The first kappa shape index (κ1) is 19.6. The Hall–Kier alpha value is -2.72. The van der Waals surface area contributed by atoms with Crippen LogP contribution in [0.2, 0.25) is 0 Å². The molecule has 0 bridgehead atoms. The number of nitrogens with one attached hydrogen (secondary N) is 1. The van der Waals surface area contributed by atoms with E-state index in [9.17, 15) is 10.4 Å². The molecule has 0 spiro atoms. The second kappa shape index (κ2) is 7.96. The summed E-state index contributed by atoms with van der Waals surface area (Å²) in [7, 11) is 0. The normalized spacial score (nSPS) is 23.9. The lowest BCUT2D eigenvalue weighted by atomic mass is 9.75. The van der Waals surface area contributed by atoms with Crippen LogP contribution in [0.15, 0.2) is 100 Å². The maximum atomic E-state index is 12.0. The number of hydrogen-bond acceptors (Lipinski definition) is 4. The highest BCUT2D eigenvalue weighted by Gasteiger charge is 2.54. The van der Waals surface area contributed by atoms with Gasteiger partial charge in [-0.3, -0.25) is 0 Å². The van der Waals surface area contributed by atoms with Crippen molar-refractivity contribution in [2.24, 2.45) is 0 Å². The minimum absolute atomic E-state index is 0.257. The Balaban J connectivity index is 2.03. The van der Waals surface area contributed by atoms with Crippen molar-refractivity contribution in [3.63, 3.8) is 0 Å². The summed E-state index contributed by atoms with van der Waals surface area (Å²) in [5, 5.41) is 25.3. The Labute approximate surface area is 183 Å². The molecule has 0 fully saturated rings. The summed E-state index contributed by atoms with van der Waals surface area (Å²) in [4.78, 5) is 0. The van der Waals surface area contributed by atoms with Gasteiger partial charge in [-0.2, -0.15) is 9.83 Å². The first-order chi connectivity index (χ1) is 14.1. The van der Waals surface area contributed by atoms with Gasteiger partial charge in [-0.15, -0.1) is 0 Å². The van der Waals surface area contributed by atoms with E-state index in [1.165, 1.54) is 0 Å². The van der Waals surface area contributed by atoms with E-state index in [0.29, 0.717) is 11.1 Å². The van der Waals surface area contributed by atoms with Gasteiger partial charge in [0, 0.05) is 27.7 Å². The molecule has 4 nitrogen and oxygen atoms in total. The van der Waals surface area contributed by atoms with E-state index < -0.39 is 17.7 Å². The zero-order valence-electron chi connectivity index (χ0n) is 15.4. The number of aromatic nitrogens is 1. The van der Waals surface area contributed by atoms with Gasteiger partial charge in [0.2, 0.25) is 11.8 Å². The first-order valence-corrected chi connectivity index (χ1v) is 10.3. The minimum Gasteiger partial charge on any atom is -0.762 e. The van der Waals surface area contributed by atoms with Crippen molar-refractivity contribution in [1.82, 2.24) is 5.32 Å². The van der Waals surface area contributed by atoms with Crippen LogP contribution in [0.4, 0.5) is 0 Å². The summed E-state index contributed by atoms with van der Waals surface area (Å²) >= 11 is 9.17. The maximum absolute atomic E-state index is 12.0. The smallest absolute Gasteiger partial charge is 0.225 e. The number of aliphatic hydroxyl groups is 1. The van der Waals surface area contributed by atoms with Gasteiger partial charge in [-0.1, -0.05) is 75.6 Å². The Kier molecular flexibility index (Phi) is 5.37. The summed E-state index contributed by atoms with van der Waals surface area (Å²) in [6.07, 6.45) is 3.79. The molecule has 1 aliphatic heterocycles. The summed E-state index contributed by atoms with van der Waals surface area (Å²) in [5.41, 5.74) is 0.486. The Morgan fingerprint density at radius 1 is 1.00 bits per heavy atom. The Morgan fingerprint density at radius 3 is 2.28 bits per heavy atom. The Morgan fingerprint density at radius 2 is 1.62 bits per heavy atom. The number of nitriles is 1. The molecule has 3 aromatic rings. The SMILES string of the molecule is N#CC1=C([S-])NC(O)(c2ccccc2)C([n+]2ccccc2)C1c1ccccc1Br. The molecule has 0 saturated heterocycles. The zero-order valence-corrected chi connectivity index (χ0v) is 17.8. The summed E-state index contributed by atoms with van der Waals surface area (Å²) in [5.74, 6) is -0.457. The molecule has 4 rings (SSSR count). The van der Waals surface area contributed by atoms with Gasteiger partial charge in [0.25, 0.3) is 0 Å². The minimum atomic E-state index is -1.51. The lowest BCUT2D eigenvalue weighted by Gasteiger charge is -2.45. The van der Waals surface area contributed by atoms with E-state index >= 15 is 0 Å². The lowest BCUT2D eigenvalue weighted by Crippen LogP contribution is -2.62. The topological polar surface area (TPSA) is 59.9 Å². The monoisotopic (exact) mass is 463 g/mol. The van der Waals surface area contributed by atoms with Crippen molar-refractivity contribution in [1.29, 1.82) is 5.26 Å². The number of allylic oxidation sites excluding steroid dienone is 1. The molecule has 0 aliphatic carbocycles. The van der Waals surface area contributed by atoms with Crippen LogP contribution >= 0.6 is 15.9 Å². The summed E-state index contributed by atoms with van der Waals surface area (Å²) in [6.45, 7) is 0. The molecule has 144 valence electrons. The molecule has 1 aliphatic rings. The number of hydrogen-bond donors (Lipinski definition) is 2.